The van der Waals surface area contributed by atoms with Crippen LogP contribution in [0.1, 0.15) is 32.0 Å². The van der Waals surface area contributed by atoms with Crippen LogP contribution in [-0.4, -0.2) is 23.3 Å². The molecule has 3 aromatic rings. The number of nitrogens with one attached hydrogen (secondary N) is 2. The Hall–Kier alpha value is -3.12. The molecule has 0 bridgehead atoms. The summed E-state index contributed by atoms with van der Waals surface area (Å²) in [6.07, 6.45) is 5.07. The fourth-order valence-electron chi connectivity index (χ4n) is 2.44. The largest absolute Gasteiger partial charge is 0.467 e. The number of carbonyl (C=O) groups is 2. The van der Waals surface area contributed by atoms with E-state index in [4.69, 9.17) is 16.0 Å². The van der Waals surface area contributed by atoms with E-state index in [-0.39, 0.29) is 18.4 Å². The van der Waals surface area contributed by atoms with E-state index < -0.39 is 0 Å². The fraction of sp³-hybridized carbons (Fsp3) is 0.150. The molecule has 1 aromatic carbocycles. The summed E-state index contributed by atoms with van der Waals surface area (Å²) in [5.74, 6) is 0.0410. The molecule has 2 amide bonds. The summed E-state index contributed by atoms with van der Waals surface area (Å²) < 4.78 is 5.17. The number of pyridine rings is 1. The van der Waals surface area contributed by atoms with Gasteiger partial charge in [0.1, 0.15) is 5.76 Å². The average molecular weight is 384 g/mol. The van der Waals surface area contributed by atoms with Crippen LogP contribution in [0.2, 0.25) is 5.02 Å². The highest BCUT2D eigenvalue weighted by molar-refractivity contribution is 6.30. The van der Waals surface area contributed by atoms with Crippen LogP contribution in [0.25, 0.3) is 0 Å². The zero-order chi connectivity index (χ0) is 19.1. The molecular formula is C20H18ClN3O3. The first-order valence-electron chi connectivity index (χ1n) is 8.40. The number of rotatable bonds is 7. The van der Waals surface area contributed by atoms with Gasteiger partial charge in [0.15, 0.2) is 0 Å². The first-order chi connectivity index (χ1) is 13.1. The van der Waals surface area contributed by atoms with E-state index in [1.54, 1.807) is 12.1 Å². The van der Waals surface area contributed by atoms with Crippen molar-refractivity contribution in [1.29, 1.82) is 0 Å². The van der Waals surface area contributed by atoms with Crippen molar-refractivity contribution in [2.24, 2.45) is 0 Å². The van der Waals surface area contributed by atoms with Crippen molar-refractivity contribution in [3.05, 3.63) is 88.6 Å². The minimum atomic E-state index is -0.324. The lowest BCUT2D eigenvalue weighted by Crippen LogP contribution is -2.27. The van der Waals surface area contributed by atoms with Crippen LogP contribution >= 0.6 is 11.6 Å². The molecule has 0 unspecified atom stereocenters. The summed E-state index contributed by atoms with van der Waals surface area (Å²) in [5, 5.41) is 6.22. The molecule has 0 saturated carbocycles. The molecule has 0 spiro atoms. The second-order valence-corrected chi connectivity index (χ2v) is 6.29. The zero-order valence-corrected chi connectivity index (χ0v) is 15.2. The molecule has 2 aromatic heterocycles. The molecule has 0 aliphatic rings. The average Bonchev–Trinajstić information content (AvgIpc) is 3.21. The van der Waals surface area contributed by atoms with Crippen molar-refractivity contribution in [2.45, 2.75) is 13.0 Å². The number of carbonyl (C=O) groups excluding carboxylic acids is 2. The molecule has 0 saturated heterocycles. The highest BCUT2D eigenvalue weighted by Gasteiger charge is 2.11. The van der Waals surface area contributed by atoms with Crippen LogP contribution < -0.4 is 10.6 Å². The van der Waals surface area contributed by atoms with Crippen LogP contribution in [0, 0.1) is 0 Å². The van der Waals surface area contributed by atoms with Crippen LogP contribution in [0.4, 0.5) is 0 Å². The Kier molecular flexibility index (Phi) is 6.22. The number of nitrogens with zero attached hydrogens (tertiary/aromatic N) is 1. The number of hydrogen-bond acceptors (Lipinski definition) is 4. The minimum Gasteiger partial charge on any atom is -0.467 e. The summed E-state index contributed by atoms with van der Waals surface area (Å²) in [5.41, 5.74) is 1.72. The van der Waals surface area contributed by atoms with Gasteiger partial charge in [0, 0.05) is 24.0 Å². The SMILES string of the molecule is O=C(NCCc1ccc(Cl)cc1)c1cncc(C(=O)NCc2ccco2)c1. The topological polar surface area (TPSA) is 84.2 Å². The van der Waals surface area contributed by atoms with Crippen LogP contribution in [0.3, 0.4) is 0 Å². The van der Waals surface area contributed by atoms with E-state index in [1.807, 2.05) is 24.3 Å². The molecule has 3 rings (SSSR count). The Labute approximate surface area is 161 Å². The van der Waals surface area contributed by atoms with E-state index in [1.165, 1.54) is 24.7 Å². The second kappa shape index (κ2) is 9.00. The van der Waals surface area contributed by atoms with Crippen molar-refractivity contribution in [3.8, 4) is 0 Å². The molecule has 0 aliphatic carbocycles. The molecular weight excluding hydrogens is 366 g/mol. The Morgan fingerprint density at radius 2 is 1.70 bits per heavy atom. The van der Waals surface area contributed by atoms with E-state index in [2.05, 4.69) is 15.6 Å². The van der Waals surface area contributed by atoms with E-state index in [0.717, 1.165) is 5.56 Å². The molecule has 138 valence electrons. The summed E-state index contributed by atoms with van der Waals surface area (Å²) in [6.45, 7) is 0.735. The third kappa shape index (κ3) is 5.43. The smallest absolute Gasteiger partial charge is 0.253 e. The number of benzene rings is 1. The van der Waals surface area contributed by atoms with E-state index in [9.17, 15) is 9.59 Å². The van der Waals surface area contributed by atoms with Gasteiger partial charge >= 0.3 is 0 Å². The quantitative estimate of drug-likeness (QED) is 0.656. The molecule has 27 heavy (non-hydrogen) atoms. The van der Waals surface area contributed by atoms with Crippen molar-refractivity contribution < 1.29 is 14.0 Å². The number of amides is 2. The molecule has 0 radical (unpaired) electrons. The molecule has 6 nitrogen and oxygen atoms in total. The van der Waals surface area contributed by atoms with Crippen LogP contribution in [-0.2, 0) is 13.0 Å². The molecule has 2 heterocycles. The van der Waals surface area contributed by atoms with Crippen molar-refractivity contribution >= 4 is 23.4 Å². The number of furan rings is 1. The van der Waals surface area contributed by atoms with Gasteiger partial charge in [0.05, 0.1) is 23.9 Å². The van der Waals surface area contributed by atoms with E-state index >= 15 is 0 Å². The second-order valence-electron chi connectivity index (χ2n) is 5.86. The first-order valence-corrected chi connectivity index (χ1v) is 8.78. The lowest BCUT2D eigenvalue weighted by atomic mass is 10.1. The van der Waals surface area contributed by atoms with Gasteiger partial charge in [-0.3, -0.25) is 14.6 Å². The highest BCUT2D eigenvalue weighted by atomic mass is 35.5. The molecule has 0 fully saturated rings. The van der Waals surface area contributed by atoms with Gasteiger partial charge < -0.3 is 15.1 Å². The predicted molar refractivity (Wildman–Crippen MR) is 102 cm³/mol. The normalized spacial score (nSPS) is 10.4. The van der Waals surface area contributed by atoms with Crippen LogP contribution in [0.5, 0.6) is 0 Å². The maximum atomic E-state index is 12.3. The Bertz CT molecular complexity index is 908. The van der Waals surface area contributed by atoms with E-state index in [0.29, 0.717) is 34.9 Å². The predicted octanol–water partition coefficient (Wildman–Crippen LogP) is 3.23. The summed E-state index contributed by atoms with van der Waals surface area (Å²) in [6, 6.07) is 12.5. The van der Waals surface area contributed by atoms with Crippen LogP contribution in [0.15, 0.2) is 65.5 Å². The highest BCUT2D eigenvalue weighted by Crippen LogP contribution is 2.10. The van der Waals surface area contributed by atoms with Gasteiger partial charge in [-0.05, 0) is 42.3 Å². The van der Waals surface area contributed by atoms with Gasteiger partial charge in [-0.1, -0.05) is 23.7 Å². The van der Waals surface area contributed by atoms with Crippen molar-refractivity contribution in [3.63, 3.8) is 0 Å². The first kappa shape index (κ1) is 18.7. The monoisotopic (exact) mass is 383 g/mol. The zero-order valence-electron chi connectivity index (χ0n) is 14.4. The number of aromatic nitrogens is 1. The standard InChI is InChI=1S/C20H18ClN3O3/c21-17-5-3-14(4-6-17)7-8-23-19(25)15-10-16(12-22-11-15)20(26)24-13-18-2-1-9-27-18/h1-6,9-12H,7-8,13H2,(H,23,25)(H,24,26). The summed E-state index contributed by atoms with van der Waals surface area (Å²) >= 11 is 5.85. The third-order valence-corrected chi connectivity index (χ3v) is 4.13. The molecule has 0 aliphatic heterocycles. The Morgan fingerprint density at radius 3 is 2.37 bits per heavy atom. The summed E-state index contributed by atoms with van der Waals surface area (Å²) in [7, 11) is 0. The number of hydrogen-bond donors (Lipinski definition) is 2. The van der Waals surface area contributed by atoms with Crippen molar-refractivity contribution in [2.75, 3.05) is 6.54 Å². The van der Waals surface area contributed by atoms with Gasteiger partial charge in [0.2, 0.25) is 0 Å². The maximum absolute atomic E-state index is 12.3. The third-order valence-electron chi connectivity index (χ3n) is 3.88. The lowest BCUT2D eigenvalue weighted by molar-refractivity contribution is 0.0947. The molecule has 2 N–H and O–H groups in total. The Morgan fingerprint density at radius 1 is 1.00 bits per heavy atom. The molecule has 0 atom stereocenters. The minimum absolute atomic E-state index is 0.267. The van der Waals surface area contributed by atoms with Crippen molar-refractivity contribution in [1.82, 2.24) is 15.6 Å². The van der Waals surface area contributed by atoms with Gasteiger partial charge in [-0.25, -0.2) is 0 Å². The molecule has 7 heteroatoms. The summed E-state index contributed by atoms with van der Waals surface area (Å²) in [4.78, 5) is 28.5. The van der Waals surface area contributed by atoms with Gasteiger partial charge in [-0.15, -0.1) is 0 Å². The maximum Gasteiger partial charge on any atom is 0.253 e. The number of halogens is 1. The Balaban J connectivity index is 1.53. The van der Waals surface area contributed by atoms with Gasteiger partial charge in [0.25, 0.3) is 11.8 Å². The lowest BCUT2D eigenvalue weighted by Gasteiger charge is -2.07. The fourth-order valence-corrected chi connectivity index (χ4v) is 2.57. The van der Waals surface area contributed by atoms with Gasteiger partial charge in [-0.2, -0.15) is 0 Å².